The van der Waals surface area contributed by atoms with Crippen LogP contribution in [0.1, 0.15) is 31.0 Å². The molecular weight excluding hydrogens is 434 g/mol. The van der Waals surface area contributed by atoms with Crippen LogP contribution in [-0.2, 0) is 11.4 Å². The van der Waals surface area contributed by atoms with E-state index >= 15 is 0 Å². The van der Waals surface area contributed by atoms with Crippen LogP contribution >= 0.6 is 0 Å². The lowest BCUT2D eigenvalue weighted by molar-refractivity contribution is -0.525. The van der Waals surface area contributed by atoms with Crippen molar-refractivity contribution in [3.8, 4) is 11.5 Å². The smallest absolute Gasteiger partial charge is 0.279 e. The zero-order chi connectivity index (χ0) is 24.1. The molecule has 12 nitrogen and oxygen atoms in total. The van der Waals surface area contributed by atoms with Gasteiger partial charge in [0.1, 0.15) is 12.6 Å². The van der Waals surface area contributed by atoms with E-state index in [2.05, 4.69) is 10.3 Å². The molecular formula is C21H21N5O7. The molecule has 0 bridgehead atoms. The largest absolute Gasteiger partial charge is 0.493 e. The lowest BCUT2D eigenvalue weighted by Gasteiger charge is -2.25. The standard InChI is InChI=1S/C21H21N5O7/c1-12-19(13(2)27)20(23-21(22-12)24-26(30)31)15-9-17(32-3)18(10-16(15)25(28)29)33-11-14-7-5-4-6-8-14/h4-10,20H,11H2,1-3H3,(H2,22,23,24)/t20-/m1/s1. The van der Waals surface area contributed by atoms with Crippen LogP contribution in [0.3, 0.4) is 0 Å². The van der Waals surface area contributed by atoms with Crippen molar-refractivity contribution in [2.75, 3.05) is 7.11 Å². The van der Waals surface area contributed by atoms with E-state index in [1.54, 1.807) is 0 Å². The molecule has 2 N–H and O–H groups in total. The number of allylic oxidation sites excluding steroid dienone is 1. The first kappa shape index (κ1) is 23.2. The zero-order valence-corrected chi connectivity index (χ0v) is 18.0. The van der Waals surface area contributed by atoms with Crippen molar-refractivity contribution in [3.05, 3.63) is 85.1 Å². The number of hydrazine groups is 1. The summed E-state index contributed by atoms with van der Waals surface area (Å²) in [4.78, 5) is 38.7. The fourth-order valence-corrected chi connectivity index (χ4v) is 3.45. The molecule has 0 fully saturated rings. The number of aliphatic imine (C=N–C) groups is 1. The summed E-state index contributed by atoms with van der Waals surface area (Å²) in [5.41, 5.74) is 2.80. The Labute approximate surface area is 188 Å². The molecule has 1 heterocycles. The van der Waals surface area contributed by atoms with E-state index in [9.17, 15) is 25.0 Å². The molecule has 2 aromatic rings. The summed E-state index contributed by atoms with van der Waals surface area (Å²) in [5.74, 6) is -0.343. The van der Waals surface area contributed by atoms with Gasteiger partial charge in [0, 0.05) is 11.3 Å². The van der Waals surface area contributed by atoms with E-state index in [0.29, 0.717) is 0 Å². The number of rotatable bonds is 8. The maximum absolute atomic E-state index is 12.3. The Morgan fingerprint density at radius 2 is 1.88 bits per heavy atom. The molecule has 1 aliphatic heterocycles. The predicted octanol–water partition coefficient (Wildman–Crippen LogP) is 2.83. The first-order valence-electron chi connectivity index (χ1n) is 9.71. The van der Waals surface area contributed by atoms with Gasteiger partial charge in [-0.25, -0.2) is 15.1 Å². The van der Waals surface area contributed by atoms with Crippen molar-refractivity contribution < 1.29 is 24.2 Å². The van der Waals surface area contributed by atoms with E-state index in [1.807, 2.05) is 35.8 Å². The van der Waals surface area contributed by atoms with Gasteiger partial charge in [0.25, 0.3) is 11.6 Å². The van der Waals surface area contributed by atoms with Gasteiger partial charge in [-0.05, 0) is 25.5 Å². The van der Waals surface area contributed by atoms with Gasteiger partial charge in [0.05, 0.1) is 23.7 Å². The van der Waals surface area contributed by atoms with Crippen LogP contribution in [0, 0.1) is 20.2 Å². The highest BCUT2D eigenvalue weighted by Crippen LogP contribution is 2.42. The van der Waals surface area contributed by atoms with Crippen LogP contribution in [0.5, 0.6) is 11.5 Å². The minimum Gasteiger partial charge on any atom is -0.493 e. The van der Waals surface area contributed by atoms with Crippen molar-refractivity contribution >= 4 is 17.4 Å². The quantitative estimate of drug-likeness (QED) is 0.451. The second-order valence-electron chi connectivity index (χ2n) is 7.06. The average molecular weight is 455 g/mol. The van der Waals surface area contributed by atoms with Gasteiger partial charge in [0.15, 0.2) is 22.3 Å². The molecule has 172 valence electrons. The summed E-state index contributed by atoms with van der Waals surface area (Å²) in [6.45, 7) is 2.96. The van der Waals surface area contributed by atoms with Crippen molar-refractivity contribution in [1.29, 1.82) is 0 Å². The number of nitrogens with one attached hydrogen (secondary N) is 2. The molecule has 3 rings (SSSR count). The highest BCUT2D eigenvalue weighted by Gasteiger charge is 2.34. The normalized spacial score (nSPS) is 15.2. The van der Waals surface area contributed by atoms with E-state index in [-0.39, 0.29) is 46.6 Å². The summed E-state index contributed by atoms with van der Waals surface area (Å²) in [6.07, 6.45) is 0. The number of hydrogen-bond donors (Lipinski definition) is 2. The Balaban J connectivity index is 2.10. The first-order chi connectivity index (χ1) is 15.7. The monoisotopic (exact) mass is 455 g/mol. The Morgan fingerprint density at radius 3 is 2.45 bits per heavy atom. The second-order valence-corrected chi connectivity index (χ2v) is 7.06. The van der Waals surface area contributed by atoms with Gasteiger partial charge in [-0.2, -0.15) is 0 Å². The van der Waals surface area contributed by atoms with Crippen LogP contribution in [0.4, 0.5) is 5.69 Å². The van der Waals surface area contributed by atoms with Gasteiger partial charge in [-0.1, -0.05) is 35.8 Å². The molecule has 12 heteroatoms. The Hall–Kier alpha value is -4.48. The molecule has 0 spiro atoms. The Kier molecular flexibility index (Phi) is 6.86. The van der Waals surface area contributed by atoms with E-state index < -0.39 is 21.8 Å². The van der Waals surface area contributed by atoms with Crippen molar-refractivity contribution in [3.63, 3.8) is 0 Å². The Morgan fingerprint density at radius 1 is 1.18 bits per heavy atom. The number of hydrogen-bond acceptors (Lipinski definition) is 9. The summed E-state index contributed by atoms with van der Waals surface area (Å²) in [6, 6.07) is 10.6. The van der Waals surface area contributed by atoms with E-state index in [0.717, 1.165) is 5.56 Å². The van der Waals surface area contributed by atoms with Gasteiger partial charge in [-0.3, -0.25) is 14.9 Å². The van der Waals surface area contributed by atoms with Crippen LogP contribution in [0.2, 0.25) is 0 Å². The minimum absolute atomic E-state index is 0.0256. The van der Waals surface area contributed by atoms with E-state index in [1.165, 1.54) is 33.1 Å². The minimum atomic E-state index is -1.18. The molecule has 0 amide bonds. The second kappa shape index (κ2) is 9.77. The maximum atomic E-state index is 12.3. The summed E-state index contributed by atoms with van der Waals surface area (Å²) in [5, 5.41) is 24.6. The number of Topliss-reactive ketones (excluding diaryl/α,β-unsaturated/α-hetero) is 1. The first-order valence-corrected chi connectivity index (χ1v) is 9.71. The molecule has 2 aromatic carbocycles. The molecule has 0 unspecified atom stereocenters. The topological polar surface area (TPSA) is 158 Å². The number of methoxy groups -OCH3 is 1. The summed E-state index contributed by atoms with van der Waals surface area (Å²) < 4.78 is 11.1. The van der Waals surface area contributed by atoms with Crippen LogP contribution in [-0.4, -0.2) is 28.8 Å². The lowest BCUT2D eigenvalue weighted by atomic mass is 9.92. The van der Waals surface area contributed by atoms with Crippen LogP contribution < -0.4 is 20.2 Å². The molecule has 0 aromatic heterocycles. The van der Waals surface area contributed by atoms with E-state index in [4.69, 9.17) is 9.47 Å². The highest BCUT2D eigenvalue weighted by atomic mass is 16.7. The van der Waals surface area contributed by atoms with Crippen molar-refractivity contribution in [2.45, 2.75) is 26.5 Å². The number of ether oxygens (including phenoxy) is 2. The third-order valence-electron chi connectivity index (χ3n) is 4.86. The number of nitrogens with zero attached hydrogens (tertiary/aromatic N) is 3. The summed E-state index contributed by atoms with van der Waals surface area (Å²) in [7, 11) is 1.37. The number of carbonyl (C=O) groups is 1. The number of benzene rings is 2. The molecule has 33 heavy (non-hydrogen) atoms. The van der Waals surface area contributed by atoms with Crippen molar-refractivity contribution in [2.24, 2.45) is 4.99 Å². The van der Waals surface area contributed by atoms with Crippen molar-refractivity contribution in [1.82, 2.24) is 10.7 Å². The third-order valence-corrected chi connectivity index (χ3v) is 4.86. The van der Waals surface area contributed by atoms with Crippen LogP contribution in [0.15, 0.2) is 58.7 Å². The molecule has 1 atom stereocenters. The lowest BCUT2D eigenvalue weighted by Crippen LogP contribution is -2.43. The fraction of sp³-hybridized carbons (Fsp3) is 0.238. The van der Waals surface area contributed by atoms with Crippen LogP contribution in [0.25, 0.3) is 0 Å². The molecule has 1 aliphatic rings. The fourth-order valence-electron chi connectivity index (χ4n) is 3.45. The zero-order valence-electron chi connectivity index (χ0n) is 18.0. The number of nitro benzene ring substituents is 1. The van der Waals surface area contributed by atoms with Gasteiger partial charge in [-0.15, -0.1) is 0 Å². The predicted molar refractivity (Wildman–Crippen MR) is 117 cm³/mol. The molecule has 0 aliphatic carbocycles. The van der Waals surface area contributed by atoms with Gasteiger partial charge in [0.2, 0.25) is 0 Å². The SMILES string of the molecule is COc1cc([C@H]2N=C(N[N+](=O)[O-])NC(C)=C2C(C)=O)c([N+](=O)[O-])cc1OCc1ccccc1. The summed E-state index contributed by atoms with van der Waals surface area (Å²) >= 11 is 0. The number of ketones is 1. The average Bonchev–Trinajstić information content (AvgIpc) is 2.76. The number of nitro groups is 2. The van der Waals surface area contributed by atoms with Gasteiger partial charge < -0.3 is 14.8 Å². The number of carbonyl (C=O) groups excluding carboxylic acids is 1. The molecule has 0 saturated carbocycles. The van der Waals surface area contributed by atoms with Gasteiger partial charge >= 0.3 is 0 Å². The number of guanidine groups is 1. The highest BCUT2D eigenvalue weighted by molar-refractivity contribution is 5.98. The maximum Gasteiger partial charge on any atom is 0.279 e. The molecule has 0 saturated heterocycles. The molecule has 0 radical (unpaired) electrons. The third kappa shape index (κ3) is 5.23. The Bertz CT molecular complexity index is 1160.